The van der Waals surface area contributed by atoms with Crippen LogP contribution in [-0.4, -0.2) is 41.0 Å². The molecule has 1 aliphatic carbocycles. The SMILES string of the molecule is CC.CC.CC=N/C(C)=C\CCC.CC\C=C/N=C(C)\C=C(/C)OC1CC2(C1)NCN(C(CC)c1cc(F)cc(F)c1)C2=O. The number of benzene rings is 1. The maximum absolute atomic E-state index is 13.7. The Morgan fingerprint density at radius 2 is 1.70 bits per heavy atom. The van der Waals surface area contributed by atoms with Crippen molar-refractivity contribution in [3.63, 3.8) is 0 Å². The number of amides is 1. The zero-order chi connectivity index (χ0) is 33.7. The summed E-state index contributed by atoms with van der Waals surface area (Å²) < 4.78 is 33.4. The highest BCUT2D eigenvalue weighted by Gasteiger charge is 2.57. The number of hydrogen-bond acceptors (Lipinski definition) is 5. The minimum atomic E-state index is -0.656. The Morgan fingerprint density at radius 1 is 1.09 bits per heavy atom. The van der Waals surface area contributed by atoms with Crippen molar-refractivity contribution in [1.82, 2.24) is 10.2 Å². The van der Waals surface area contributed by atoms with Crippen molar-refractivity contribution in [2.75, 3.05) is 6.67 Å². The monoisotopic (exact) mass is 616 g/mol. The molecule has 0 aromatic heterocycles. The average molecular weight is 617 g/mol. The molecule has 1 spiro atoms. The lowest BCUT2D eigenvalue weighted by Crippen LogP contribution is -2.59. The number of rotatable bonds is 11. The summed E-state index contributed by atoms with van der Waals surface area (Å²) in [7, 11) is 0. The number of carbonyl (C=O) groups excluding carboxylic acids is 1. The summed E-state index contributed by atoms with van der Waals surface area (Å²) in [4.78, 5) is 23.3. The van der Waals surface area contributed by atoms with Crippen molar-refractivity contribution in [1.29, 1.82) is 0 Å². The molecule has 1 N–H and O–H groups in total. The fourth-order valence-corrected chi connectivity index (χ4v) is 4.95. The first-order valence-corrected chi connectivity index (χ1v) is 16.3. The standard InChI is InChI=1S/C24H31F2N3O2.C8H15N.2C2H6/c1-5-7-8-27-16(3)9-17(4)31-21-13-24(14-21)23(30)29(15-28-24)22(6-2)18-10-19(25)12-20(26)11-18;1-4-6-7-8(3)9-5-2;2*1-2/h7-12,21-22,28H,5-6,13-15H2,1-4H3;5,7H,4,6H2,1-3H3;2*1-2H3/b8-7-,17-9+,27-16-;8-7-,9-5?;;. The van der Waals surface area contributed by atoms with Crippen LogP contribution in [0.3, 0.4) is 0 Å². The number of hydrogen-bond donors (Lipinski definition) is 1. The number of halogens is 2. The number of nitrogens with zero attached hydrogens (tertiary/aromatic N) is 3. The summed E-state index contributed by atoms with van der Waals surface area (Å²) in [5.74, 6) is -0.541. The molecule has 0 radical (unpaired) electrons. The van der Waals surface area contributed by atoms with Gasteiger partial charge in [-0.2, -0.15) is 0 Å². The summed E-state index contributed by atoms with van der Waals surface area (Å²) in [6.45, 7) is 22.2. The third-order valence-electron chi connectivity index (χ3n) is 6.89. The predicted molar refractivity (Wildman–Crippen MR) is 183 cm³/mol. The van der Waals surface area contributed by atoms with Gasteiger partial charge in [-0.05, 0) is 70.7 Å². The molecule has 2 aliphatic rings. The Kier molecular flexibility index (Phi) is 20.8. The lowest BCUT2D eigenvalue weighted by atomic mass is 9.74. The third-order valence-corrected chi connectivity index (χ3v) is 6.89. The van der Waals surface area contributed by atoms with Crippen LogP contribution in [0.4, 0.5) is 8.78 Å². The molecule has 1 aromatic rings. The molecular weight excluding hydrogens is 558 g/mol. The van der Waals surface area contributed by atoms with Crippen molar-refractivity contribution in [2.24, 2.45) is 9.98 Å². The second kappa shape index (κ2) is 22.4. The summed E-state index contributed by atoms with van der Waals surface area (Å²) in [5.41, 5.74) is 1.80. The van der Waals surface area contributed by atoms with E-state index in [9.17, 15) is 13.6 Å². The molecule has 44 heavy (non-hydrogen) atoms. The lowest BCUT2D eigenvalue weighted by molar-refractivity contribution is -0.142. The maximum Gasteiger partial charge on any atom is 0.244 e. The molecule has 1 saturated carbocycles. The Balaban J connectivity index is 0.00000121. The van der Waals surface area contributed by atoms with Gasteiger partial charge in [-0.1, -0.05) is 67.0 Å². The molecule has 1 unspecified atom stereocenters. The predicted octanol–water partition coefficient (Wildman–Crippen LogP) is 9.84. The van der Waals surface area contributed by atoms with Crippen LogP contribution < -0.4 is 5.32 Å². The summed E-state index contributed by atoms with van der Waals surface area (Å²) in [6.07, 6.45) is 14.5. The van der Waals surface area contributed by atoms with E-state index < -0.39 is 17.2 Å². The number of carbonyl (C=O) groups is 1. The zero-order valence-corrected chi connectivity index (χ0v) is 29.1. The number of unbranched alkanes of at least 4 members (excludes halogenated alkanes) is 1. The van der Waals surface area contributed by atoms with Crippen LogP contribution in [-0.2, 0) is 9.53 Å². The van der Waals surface area contributed by atoms with Crippen molar-refractivity contribution >= 4 is 17.8 Å². The first kappa shape index (κ1) is 40.9. The molecule has 3 rings (SSSR count). The van der Waals surface area contributed by atoms with Crippen molar-refractivity contribution in [3.8, 4) is 0 Å². The van der Waals surface area contributed by atoms with Crippen LogP contribution in [0, 0.1) is 11.6 Å². The number of aliphatic imine (C=N–C) groups is 2. The van der Waals surface area contributed by atoms with Crippen LogP contribution in [0.2, 0.25) is 0 Å². The molecular formula is C36H58F2N4O2. The van der Waals surface area contributed by atoms with Crippen LogP contribution in [0.15, 0.2) is 64.1 Å². The van der Waals surface area contributed by atoms with E-state index in [2.05, 4.69) is 35.2 Å². The molecule has 1 aromatic carbocycles. The maximum atomic E-state index is 13.7. The van der Waals surface area contributed by atoms with Gasteiger partial charge >= 0.3 is 0 Å². The van der Waals surface area contributed by atoms with E-state index in [1.54, 1.807) is 11.1 Å². The number of allylic oxidation sites excluding steroid dienone is 5. The van der Waals surface area contributed by atoms with Gasteiger partial charge in [0.2, 0.25) is 5.91 Å². The van der Waals surface area contributed by atoms with Gasteiger partial charge in [0.1, 0.15) is 23.3 Å². The highest BCUT2D eigenvalue weighted by molar-refractivity contribution is 5.93. The molecule has 6 nitrogen and oxygen atoms in total. The molecule has 8 heteroatoms. The first-order chi connectivity index (χ1) is 21.1. The topological polar surface area (TPSA) is 66.3 Å². The second-order valence-corrected chi connectivity index (χ2v) is 10.3. The zero-order valence-electron chi connectivity index (χ0n) is 29.1. The Morgan fingerprint density at radius 3 is 2.23 bits per heavy atom. The van der Waals surface area contributed by atoms with Gasteiger partial charge in [-0.15, -0.1) is 0 Å². The van der Waals surface area contributed by atoms with E-state index in [-0.39, 0.29) is 18.1 Å². The molecule has 248 valence electrons. The molecule has 0 bridgehead atoms. The quantitative estimate of drug-likeness (QED) is 0.199. The van der Waals surface area contributed by atoms with Gasteiger partial charge in [0.15, 0.2) is 0 Å². The third kappa shape index (κ3) is 13.2. The fraction of sp³-hybridized carbons (Fsp3) is 0.583. The molecule has 1 amide bonds. The van der Waals surface area contributed by atoms with E-state index in [0.717, 1.165) is 36.1 Å². The molecule has 1 atom stereocenters. The Bertz CT molecular complexity index is 1110. The highest BCUT2D eigenvalue weighted by Crippen LogP contribution is 2.42. The summed E-state index contributed by atoms with van der Waals surface area (Å²) >= 11 is 0. The van der Waals surface area contributed by atoms with E-state index >= 15 is 0 Å². The average Bonchev–Trinajstić information content (AvgIpc) is 3.31. The van der Waals surface area contributed by atoms with E-state index in [1.807, 2.05) is 80.7 Å². The van der Waals surface area contributed by atoms with Gasteiger partial charge in [-0.25, -0.2) is 8.78 Å². The normalized spacial score (nSPS) is 20.8. The second-order valence-electron chi connectivity index (χ2n) is 10.3. The van der Waals surface area contributed by atoms with Crippen molar-refractivity contribution in [3.05, 3.63) is 71.3 Å². The largest absolute Gasteiger partial charge is 0.495 e. The van der Waals surface area contributed by atoms with Gasteiger partial charge in [0.05, 0.1) is 18.5 Å². The highest BCUT2D eigenvalue weighted by atomic mass is 19.1. The fourth-order valence-electron chi connectivity index (χ4n) is 4.95. The molecule has 1 heterocycles. The van der Waals surface area contributed by atoms with Crippen molar-refractivity contribution in [2.45, 2.75) is 132 Å². The molecule has 2 fully saturated rings. The van der Waals surface area contributed by atoms with E-state index in [4.69, 9.17) is 4.74 Å². The minimum Gasteiger partial charge on any atom is -0.495 e. The van der Waals surface area contributed by atoms with Gasteiger partial charge in [0.25, 0.3) is 0 Å². The van der Waals surface area contributed by atoms with Crippen LogP contribution in [0.25, 0.3) is 0 Å². The van der Waals surface area contributed by atoms with Crippen LogP contribution in [0.1, 0.15) is 126 Å². The Hall–Kier alpha value is -3.13. The molecule has 1 aliphatic heterocycles. The first-order valence-electron chi connectivity index (χ1n) is 16.3. The number of nitrogens with one attached hydrogen (secondary N) is 1. The van der Waals surface area contributed by atoms with Crippen LogP contribution in [0.5, 0.6) is 0 Å². The van der Waals surface area contributed by atoms with Crippen LogP contribution >= 0.6 is 0 Å². The summed E-state index contributed by atoms with van der Waals surface area (Å²) in [5, 5.41) is 3.32. The van der Waals surface area contributed by atoms with E-state index in [1.165, 1.54) is 18.6 Å². The number of ether oxygens (including phenoxy) is 1. The smallest absolute Gasteiger partial charge is 0.244 e. The van der Waals surface area contributed by atoms with E-state index in [0.29, 0.717) is 31.5 Å². The van der Waals surface area contributed by atoms with Gasteiger partial charge in [-0.3, -0.25) is 20.1 Å². The van der Waals surface area contributed by atoms with Crippen molar-refractivity contribution < 1.29 is 18.3 Å². The molecule has 1 saturated heterocycles. The van der Waals surface area contributed by atoms with Gasteiger partial charge < -0.3 is 9.64 Å². The minimum absolute atomic E-state index is 0.0343. The lowest BCUT2D eigenvalue weighted by Gasteiger charge is -2.43. The Labute approximate surface area is 266 Å². The van der Waals surface area contributed by atoms with Gasteiger partial charge in [0, 0.05) is 42.7 Å². The summed E-state index contributed by atoms with van der Waals surface area (Å²) in [6, 6.07) is 3.07.